The van der Waals surface area contributed by atoms with Crippen molar-refractivity contribution in [3.8, 4) is 16.9 Å². The average Bonchev–Trinajstić information content (AvgIpc) is 3.58. The van der Waals surface area contributed by atoms with Crippen LogP contribution in [0.5, 0.6) is 0 Å². The molecule has 2 N–H and O–H groups in total. The molecule has 1 aliphatic carbocycles. The number of nitrogens with one attached hydrogen (secondary N) is 1. The van der Waals surface area contributed by atoms with Gasteiger partial charge < -0.3 is 29.0 Å². The van der Waals surface area contributed by atoms with E-state index in [0.717, 1.165) is 57.9 Å². The molecule has 0 unspecified atom stereocenters. The van der Waals surface area contributed by atoms with E-state index in [-0.39, 0.29) is 23.1 Å². The highest BCUT2D eigenvalue weighted by Crippen LogP contribution is 2.37. The average molecular weight is 678 g/mol. The molecule has 1 atom stereocenters. The molecule has 2 fully saturated rings. The lowest BCUT2D eigenvalue weighted by atomic mass is 9.90. The summed E-state index contributed by atoms with van der Waals surface area (Å²) in [4.78, 5) is 36.5. The Morgan fingerprint density at radius 2 is 1.88 bits per heavy atom. The molecule has 3 aliphatic rings. The zero-order chi connectivity index (χ0) is 34.7. The van der Waals surface area contributed by atoms with Crippen molar-refractivity contribution < 1.29 is 9.84 Å². The molecule has 0 aromatic carbocycles. The first-order valence-corrected chi connectivity index (χ1v) is 17.4. The lowest BCUT2D eigenvalue weighted by Gasteiger charge is -2.46. The van der Waals surface area contributed by atoms with Gasteiger partial charge in [-0.25, -0.2) is 4.98 Å². The predicted molar refractivity (Wildman–Crippen MR) is 191 cm³/mol. The molecular formula is C37H43N9O4. The molecule has 5 aromatic rings. The van der Waals surface area contributed by atoms with Gasteiger partial charge in [-0.2, -0.15) is 0 Å². The van der Waals surface area contributed by atoms with Gasteiger partial charge in [0.05, 0.1) is 25.9 Å². The van der Waals surface area contributed by atoms with Crippen LogP contribution in [0.25, 0.3) is 22.5 Å². The van der Waals surface area contributed by atoms with Gasteiger partial charge in [-0.15, -0.1) is 10.2 Å². The van der Waals surface area contributed by atoms with Crippen molar-refractivity contribution in [1.82, 2.24) is 33.6 Å². The van der Waals surface area contributed by atoms with E-state index in [0.29, 0.717) is 51.6 Å². The highest BCUT2D eigenvalue weighted by atomic mass is 16.5. The SMILES string of the molecule is CC[C@H]1CN(C2COC2)CCN1c1ccc(Nc2cc(-c3ccnc(-n4ccn5c6c(cc5c4=O)CC(C)(C)C6)c3CO)cn(C)c2=O)nn1. The number of aliphatic hydroxyl groups is 1. The molecule has 13 nitrogen and oxygen atoms in total. The fraction of sp³-hybridized carbons (Fsp3) is 0.432. The zero-order valence-corrected chi connectivity index (χ0v) is 29.0. The van der Waals surface area contributed by atoms with Crippen LogP contribution >= 0.6 is 0 Å². The Bertz CT molecular complexity index is 2200. The van der Waals surface area contributed by atoms with Crippen LogP contribution in [-0.4, -0.2) is 83.7 Å². The third-order valence-corrected chi connectivity index (χ3v) is 10.6. The Balaban J connectivity index is 1.07. The fourth-order valence-electron chi connectivity index (χ4n) is 7.87. The van der Waals surface area contributed by atoms with Crippen molar-refractivity contribution in [3.63, 3.8) is 0 Å². The van der Waals surface area contributed by atoms with Crippen molar-refractivity contribution in [3.05, 3.63) is 92.6 Å². The van der Waals surface area contributed by atoms with E-state index in [1.807, 2.05) is 28.8 Å². The van der Waals surface area contributed by atoms with Gasteiger partial charge in [-0.1, -0.05) is 20.8 Å². The minimum atomic E-state index is -0.359. The number of hydrogen-bond acceptors (Lipinski definition) is 10. The second-order valence-electron chi connectivity index (χ2n) is 14.6. The number of hydrogen-bond donors (Lipinski definition) is 2. The molecule has 2 saturated heterocycles. The molecule has 0 amide bonds. The standard InChI is InChI=1S/C37H43N9O4/c1-5-25-19-43(26-21-50-22-26)10-11-44(25)33-7-6-32(40-41-33)39-29-14-24(18-42(4)35(29)48)27-8-9-38-34(28(27)20-47)46-13-12-45-30(36(46)49)15-23-16-37(2,3)17-31(23)45/h6-9,12-15,18,25-26,47H,5,10-11,16-17,19-22H2,1-4H3,(H,39,40)/t25-/m0/s1. The van der Waals surface area contributed by atoms with Crippen molar-refractivity contribution >= 4 is 22.8 Å². The first-order valence-electron chi connectivity index (χ1n) is 17.4. The second kappa shape index (κ2) is 12.5. The third-order valence-electron chi connectivity index (χ3n) is 10.6. The largest absolute Gasteiger partial charge is 0.392 e. The Hall–Kier alpha value is -4.85. The third kappa shape index (κ3) is 5.59. The number of piperazine rings is 1. The Morgan fingerprint density at radius 1 is 1.04 bits per heavy atom. The summed E-state index contributed by atoms with van der Waals surface area (Å²) in [5, 5.41) is 22.8. The maximum atomic E-state index is 13.8. The Labute approximate surface area is 289 Å². The van der Waals surface area contributed by atoms with E-state index in [2.05, 4.69) is 51.1 Å². The van der Waals surface area contributed by atoms with Crippen LogP contribution < -0.4 is 21.3 Å². The van der Waals surface area contributed by atoms with E-state index in [1.54, 1.807) is 37.8 Å². The molecule has 0 bridgehead atoms. The lowest BCUT2D eigenvalue weighted by molar-refractivity contribution is -0.0699. The summed E-state index contributed by atoms with van der Waals surface area (Å²) in [5.74, 6) is 1.60. The van der Waals surface area contributed by atoms with Crippen molar-refractivity contribution in [2.45, 2.75) is 58.7 Å². The van der Waals surface area contributed by atoms with Crippen molar-refractivity contribution in [2.24, 2.45) is 12.5 Å². The van der Waals surface area contributed by atoms with Gasteiger partial charge in [-0.3, -0.25) is 19.1 Å². The van der Waals surface area contributed by atoms with E-state index in [9.17, 15) is 14.7 Å². The van der Waals surface area contributed by atoms with Gasteiger partial charge in [-0.05, 0) is 66.1 Å². The summed E-state index contributed by atoms with van der Waals surface area (Å²) in [6.45, 7) is 10.7. The van der Waals surface area contributed by atoms with Crippen LogP contribution in [0.2, 0.25) is 0 Å². The lowest BCUT2D eigenvalue weighted by Crippen LogP contribution is -2.60. The highest BCUT2D eigenvalue weighted by molar-refractivity contribution is 5.73. The van der Waals surface area contributed by atoms with Gasteiger partial charge in [0.2, 0.25) is 0 Å². The van der Waals surface area contributed by atoms with Gasteiger partial charge in [0.1, 0.15) is 17.0 Å². The summed E-state index contributed by atoms with van der Waals surface area (Å²) in [6.07, 6.45) is 9.78. The molecule has 50 heavy (non-hydrogen) atoms. The summed E-state index contributed by atoms with van der Waals surface area (Å²) >= 11 is 0. The molecule has 5 aromatic heterocycles. The van der Waals surface area contributed by atoms with Gasteiger partial charge in [0.15, 0.2) is 11.6 Å². The second-order valence-corrected chi connectivity index (χ2v) is 14.6. The van der Waals surface area contributed by atoms with Gasteiger partial charge in [0, 0.05) is 74.3 Å². The number of aromatic nitrogens is 6. The summed E-state index contributed by atoms with van der Waals surface area (Å²) in [7, 11) is 1.68. The number of anilines is 3. The minimum absolute atomic E-state index is 0.167. The number of aliphatic hydroxyl groups excluding tert-OH is 1. The number of aryl methyl sites for hydroxylation is 1. The van der Waals surface area contributed by atoms with Crippen LogP contribution in [-0.2, 0) is 31.2 Å². The van der Waals surface area contributed by atoms with Crippen molar-refractivity contribution in [1.29, 1.82) is 0 Å². The smallest absolute Gasteiger partial charge is 0.280 e. The predicted octanol–water partition coefficient (Wildman–Crippen LogP) is 3.30. The number of pyridine rings is 2. The van der Waals surface area contributed by atoms with E-state index in [4.69, 9.17) is 4.74 Å². The molecule has 13 heteroatoms. The topological polar surface area (TPSA) is 135 Å². The number of rotatable bonds is 8. The minimum Gasteiger partial charge on any atom is -0.392 e. The number of fused-ring (bicyclic) bond motifs is 3. The summed E-state index contributed by atoms with van der Waals surface area (Å²) in [6, 6.07) is 10.1. The van der Waals surface area contributed by atoms with E-state index in [1.165, 1.54) is 20.4 Å². The van der Waals surface area contributed by atoms with Gasteiger partial charge in [0.25, 0.3) is 11.1 Å². The molecule has 8 rings (SSSR count). The normalized spacial score (nSPS) is 19.1. The number of nitrogens with zero attached hydrogens (tertiary/aromatic N) is 8. The monoisotopic (exact) mass is 677 g/mol. The molecule has 0 spiro atoms. The molecule has 0 saturated carbocycles. The molecular weight excluding hydrogens is 634 g/mol. The van der Waals surface area contributed by atoms with Crippen molar-refractivity contribution in [2.75, 3.05) is 43.1 Å². The van der Waals surface area contributed by atoms with Crippen LogP contribution in [0.15, 0.2) is 64.7 Å². The molecule has 2 aliphatic heterocycles. The maximum Gasteiger partial charge on any atom is 0.280 e. The Kier molecular flexibility index (Phi) is 8.08. The first-order chi connectivity index (χ1) is 24.1. The van der Waals surface area contributed by atoms with E-state index < -0.39 is 0 Å². The highest BCUT2D eigenvalue weighted by Gasteiger charge is 2.34. The number of ether oxygens (including phenoxy) is 1. The molecule has 7 heterocycles. The quantitative estimate of drug-likeness (QED) is 0.252. The molecule has 260 valence electrons. The zero-order valence-electron chi connectivity index (χ0n) is 29.0. The molecule has 0 radical (unpaired) electrons. The van der Waals surface area contributed by atoms with E-state index >= 15 is 0 Å². The summed E-state index contributed by atoms with van der Waals surface area (Å²) in [5.41, 5.74) is 4.78. The maximum absolute atomic E-state index is 13.8. The van der Waals surface area contributed by atoms with Crippen LogP contribution in [0.1, 0.15) is 44.0 Å². The first kappa shape index (κ1) is 32.4. The van der Waals surface area contributed by atoms with Crippen LogP contribution in [0.3, 0.4) is 0 Å². The van der Waals surface area contributed by atoms with Gasteiger partial charge >= 0.3 is 0 Å². The van der Waals surface area contributed by atoms with Crippen LogP contribution in [0.4, 0.5) is 17.3 Å². The fourth-order valence-corrected chi connectivity index (χ4v) is 7.87. The van der Waals surface area contributed by atoms with Crippen LogP contribution in [0, 0.1) is 5.41 Å². The summed E-state index contributed by atoms with van der Waals surface area (Å²) < 4.78 is 10.4. The Morgan fingerprint density at radius 3 is 2.60 bits per heavy atom.